The minimum absolute atomic E-state index is 0.139. The van der Waals surface area contributed by atoms with E-state index in [9.17, 15) is 13.2 Å². The van der Waals surface area contributed by atoms with Crippen LogP contribution in [-0.2, 0) is 12.8 Å². The summed E-state index contributed by atoms with van der Waals surface area (Å²) in [5, 5.41) is 0. The van der Waals surface area contributed by atoms with Gasteiger partial charge in [0, 0.05) is 0 Å². The molecule has 1 aromatic carbocycles. The van der Waals surface area contributed by atoms with Gasteiger partial charge < -0.3 is 9.15 Å². The van der Waals surface area contributed by atoms with E-state index < -0.39 is 11.7 Å². The number of para-hydroxylation sites is 1. The number of hydrogen-bond acceptors (Lipinski definition) is 3. The monoisotopic (exact) mass is 243 g/mol. The molecule has 6 heteroatoms. The standard InChI is InChI=1S/C11H8F3NO2/c12-11(13,14)8-3-1-2-4-9(8)17-7-10-15-5-6-16-10/h1-6H,7H2. The highest BCUT2D eigenvalue weighted by Gasteiger charge is 2.34. The fourth-order valence-corrected chi connectivity index (χ4v) is 1.29. The van der Waals surface area contributed by atoms with Crippen molar-refractivity contribution in [1.29, 1.82) is 0 Å². The maximum Gasteiger partial charge on any atom is 0.419 e. The fraction of sp³-hybridized carbons (Fsp3) is 0.182. The third kappa shape index (κ3) is 2.77. The first kappa shape index (κ1) is 11.5. The van der Waals surface area contributed by atoms with Crippen LogP contribution in [0.25, 0.3) is 0 Å². The van der Waals surface area contributed by atoms with Crippen LogP contribution in [0.4, 0.5) is 13.2 Å². The van der Waals surface area contributed by atoms with Gasteiger partial charge >= 0.3 is 6.18 Å². The Morgan fingerprint density at radius 1 is 1.24 bits per heavy atom. The summed E-state index contributed by atoms with van der Waals surface area (Å²) in [6.07, 6.45) is -1.71. The van der Waals surface area contributed by atoms with Crippen LogP contribution in [0.1, 0.15) is 11.5 Å². The second-order valence-corrected chi connectivity index (χ2v) is 3.21. The maximum absolute atomic E-state index is 12.6. The Balaban J connectivity index is 2.16. The molecule has 0 unspecified atom stereocenters. The average molecular weight is 243 g/mol. The van der Waals surface area contributed by atoms with Crippen molar-refractivity contribution in [3.05, 3.63) is 48.2 Å². The zero-order valence-corrected chi connectivity index (χ0v) is 8.57. The average Bonchev–Trinajstić information content (AvgIpc) is 2.78. The zero-order chi connectivity index (χ0) is 12.3. The Kier molecular flexibility index (Phi) is 3.03. The van der Waals surface area contributed by atoms with E-state index >= 15 is 0 Å². The van der Waals surface area contributed by atoms with Crippen LogP contribution in [0.2, 0.25) is 0 Å². The summed E-state index contributed by atoms with van der Waals surface area (Å²) in [6.45, 7) is -0.139. The summed E-state index contributed by atoms with van der Waals surface area (Å²) >= 11 is 0. The maximum atomic E-state index is 12.6. The lowest BCUT2D eigenvalue weighted by atomic mass is 10.2. The van der Waals surface area contributed by atoms with Crippen molar-refractivity contribution in [2.75, 3.05) is 0 Å². The van der Waals surface area contributed by atoms with Crippen molar-refractivity contribution in [3.8, 4) is 5.75 Å². The molecule has 2 rings (SSSR count). The molecule has 0 spiro atoms. The minimum Gasteiger partial charge on any atom is -0.483 e. The first-order valence-electron chi connectivity index (χ1n) is 4.75. The molecule has 3 nitrogen and oxygen atoms in total. The Morgan fingerprint density at radius 2 is 2.00 bits per heavy atom. The predicted octanol–water partition coefficient (Wildman–Crippen LogP) is 3.27. The molecular formula is C11H8F3NO2. The SMILES string of the molecule is FC(F)(F)c1ccccc1OCc1ncco1. The van der Waals surface area contributed by atoms with E-state index in [1.54, 1.807) is 0 Å². The van der Waals surface area contributed by atoms with Crippen LogP contribution in [0.3, 0.4) is 0 Å². The molecule has 0 N–H and O–H groups in total. The smallest absolute Gasteiger partial charge is 0.419 e. The molecule has 17 heavy (non-hydrogen) atoms. The van der Waals surface area contributed by atoms with Gasteiger partial charge in [0.15, 0.2) is 6.61 Å². The molecule has 2 aromatic rings. The van der Waals surface area contributed by atoms with Crippen LogP contribution in [-0.4, -0.2) is 4.98 Å². The number of rotatable bonds is 3. The largest absolute Gasteiger partial charge is 0.483 e. The Labute approximate surface area is 94.8 Å². The van der Waals surface area contributed by atoms with Crippen molar-refractivity contribution in [1.82, 2.24) is 4.98 Å². The van der Waals surface area contributed by atoms with Crippen LogP contribution < -0.4 is 4.74 Å². The lowest BCUT2D eigenvalue weighted by Crippen LogP contribution is -2.08. The van der Waals surface area contributed by atoms with Crippen LogP contribution in [0.5, 0.6) is 5.75 Å². The molecule has 0 atom stereocenters. The molecule has 0 aliphatic carbocycles. The molecular weight excluding hydrogens is 235 g/mol. The summed E-state index contributed by atoms with van der Waals surface area (Å²) in [7, 11) is 0. The second-order valence-electron chi connectivity index (χ2n) is 3.21. The lowest BCUT2D eigenvalue weighted by Gasteiger charge is -2.12. The van der Waals surface area contributed by atoms with Gasteiger partial charge in [0.05, 0.1) is 11.8 Å². The number of benzene rings is 1. The van der Waals surface area contributed by atoms with Gasteiger partial charge in [0.2, 0.25) is 5.89 Å². The first-order valence-corrected chi connectivity index (χ1v) is 4.75. The van der Waals surface area contributed by atoms with Gasteiger partial charge in [-0.05, 0) is 12.1 Å². The number of alkyl halides is 3. The summed E-state index contributed by atoms with van der Waals surface area (Å²) in [4.78, 5) is 3.75. The third-order valence-corrected chi connectivity index (χ3v) is 2.03. The molecule has 0 fully saturated rings. The van der Waals surface area contributed by atoms with Gasteiger partial charge in [0.25, 0.3) is 0 Å². The molecule has 1 aromatic heterocycles. The van der Waals surface area contributed by atoms with E-state index in [1.165, 1.54) is 30.7 Å². The molecule has 0 amide bonds. The number of hydrogen-bond donors (Lipinski definition) is 0. The van der Waals surface area contributed by atoms with Gasteiger partial charge in [-0.1, -0.05) is 12.1 Å². The summed E-state index contributed by atoms with van der Waals surface area (Å²) in [5.41, 5.74) is -0.813. The number of ether oxygens (including phenoxy) is 1. The topological polar surface area (TPSA) is 35.3 Å². The van der Waals surface area contributed by atoms with Gasteiger partial charge in [-0.15, -0.1) is 0 Å². The Morgan fingerprint density at radius 3 is 2.65 bits per heavy atom. The third-order valence-electron chi connectivity index (χ3n) is 2.03. The molecule has 0 aliphatic heterocycles. The number of nitrogens with zero attached hydrogens (tertiary/aromatic N) is 1. The minimum atomic E-state index is -4.44. The summed E-state index contributed by atoms with van der Waals surface area (Å²) < 4.78 is 47.7. The van der Waals surface area contributed by atoms with Gasteiger partial charge in [-0.3, -0.25) is 0 Å². The van der Waals surface area contributed by atoms with Crippen molar-refractivity contribution in [3.63, 3.8) is 0 Å². The van der Waals surface area contributed by atoms with E-state index in [0.29, 0.717) is 0 Å². The van der Waals surface area contributed by atoms with Crippen LogP contribution in [0.15, 0.2) is 41.1 Å². The number of aromatic nitrogens is 1. The highest BCUT2D eigenvalue weighted by atomic mass is 19.4. The van der Waals surface area contributed by atoms with E-state index in [2.05, 4.69) is 4.98 Å². The van der Waals surface area contributed by atoms with Crippen LogP contribution >= 0.6 is 0 Å². The lowest BCUT2D eigenvalue weighted by molar-refractivity contribution is -0.139. The Bertz CT molecular complexity index is 480. The normalized spacial score (nSPS) is 11.5. The second kappa shape index (κ2) is 4.48. The quantitative estimate of drug-likeness (QED) is 0.829. The van der Waals surface area contributed by atoms with E-state index in [0.717, 1.165) is 6.07 Å². The molecule has 90 valence electrons. The number of oxazole rings is 1. The molecule has 0 radical (unpaired) electrons. The molecule has 1 heterocycles. The van der Waals surface area contributed by atoms with Crippen molar-refractivity contribution in [2.24, 2.45) is 0 Å². The van der Waals surface area contributed by atoms with Crippen molar-refractivity contribution >= 4 is 0 Å². The van der Waals surface area contributed by atoms with Crippen molar-refractivity contribution < 1.29 is 22.3 Å². The molecule has 0 bridgehead atoms. The zero-order valence-electron chi connectivity index (χ0n) is 8.57. The van der Waals surface area contributed by atoms with E-state index in [-0.39, 0.29) is 18.2 Å². The summed E-state index contributed by atoms with van der Waals surface area (Å²) in [5.74, 6) is -0.0137. The first-order chi connectivity index (χ1) is 8.07. The molecule has 0 saturated heterocycles. The molecule has 0 saturated carbocycles. The highest BCUT2D eigenvalue weighted by Crippen LogP contribution is 2.36. The van der Waals surface area contributed by atoms with Gasteiger partial charge in [-0.25, -0.2) is 4.98 Å². The Hall–Kier alpha value is -1.98. The van der Waals surface area contributed by atoms with E-state index in [4.69, 9.17) is 9.15 Å². The highest BCUT2D eigenvalue weighted by molar-refractivity contribution is 5.35. The number of halogens is 3. The van der Waals surface area contributed by atoms with Gasteiger partial charge in [-0.2, -0.15) is 13.2 Å². The van der Waals surface area contributed by atoms with Crippen LogP contribution in [0, 0.1) is 0 Å². The fourth-order valence-electron chi connectivity index (χ4n) is 1.29. The molecule has 0 aliphatic rings. The van der Waals surface area contributed by atoms with E-state index in [1.807, 2.05) is 0 Å². The van der Waals surface area contributed by atoms with Crippen molar-refractivity contribution in [2.45, 2.75) is 12.8 Å². The van der Waals surface area contributed by atoms with Gasteiger partial charge in [0.1, 0.15) is 12.0 Å². The summed E-state index contributed by atoms with van der Waals surface area (Å²) in [6, 6.07) is 5.00. The predicted molar refractivity (Wildman–Crippen MR) is 52.3 cm³/mol.